The second-order valence-corrected chi connectivity index (χ2v) is 7.19. The number of hydrogen-bond donors (Lipinski definition) is 0. The normalized spacial score (nSPS) is 12.5. The summed E-state index contributed by atoms with van der Waals surface area (Å²) in [5, 5.41) is 3.49. The Morgan fingerprint density at radius 3 is 2.76 bits per heavy atom. The number of hydrogen-bond acceptors (Lipinski definition) is 2. The van der Waals surface area contributed by atoms with Gasteiger partial charge in [0.15, 0.2) is 0 Å². The Kier molecular flexibility index (Phi) is 5.63. The molecule has 0 N–H and O–H groups in total. The third-order valence-electron chi connectivity index (χ3n) is 4.29. The van der Waals surface area contributed by atoms with Crippen LogP contribution < -0.4 is 15.9 Å². The Morgan fingerprint density at radius 2 is 2.00 bits per heavy atom. The minimum absolute atomic E-state index is 0.298. The molecule has 3 heteroatoms. The summed E-state index contributed by atoms with van der Waals surface area (Å²) >= 11 is 0. The van der Waals surface area contributed by atoms with E-state index in [1.807, 2.05) is 6.92 Å². The van der Waals surface area contributed by atoms with Crippen LogP contribution in [-0.4, -0.2) is 11.6 Å². The number of aromatic nitrogens is 1. The van der Waals surface area contributed by atoms with Gasteiger partial charge in [0.1, 0.15) is 0 Å². The minimum atomic E-state index is 0.298. The second kappa shape index (κ2) is 7.91. The van der Waals surface area contributed by atoms with Gasteiger partial charge in [0.2, 0.25) is 0 Å². The summed E-state index contributed by atoms with van der Waals surface area (Å²) in [6, 6.07) is 15.0. The van der Waals surface area contributed by atoms with Crippen LogP contribution in [0.3, 0.4) is 0 Å². The van der Waals surface area contributed by atoms with Gasteiger partial charge in [-0.25, -0.2) is 4.98 Å². The van der Waals surface area contributed by atoms with E-state index in [1.165, 1.54) is 27.3 Å². The van der Waals surface area contributed by atoms with Crippen LogP contribution in [0.1, 0.15) is 30.5 Å². The van der Waals surface area contributed by atoms with Crippen LogP contribution in [0.4, 0.5) is 0 Å². The first-order valence-electron chi connectivity index (χ1n) is 8.63. The molecule has 2 aromatic carbocycles. The van der Waals surface area contributed by atoms with Crippen molar-refractivity contribution in [2.24, 2.45) is 0 Å². The van der Waals surface area contributed by atoms with Crippen LogP contribution in [0.15, 0.2) is 42.5 Å². The Balaban J connectivity index is 2.12. The van der Waals surface area contributed by atoms with Gasteiger partial charge in [-0.3, -0.25) is 0 Å². The molecule has 0 aliphatic carbocycles. The average Bonchev–Trinajstić information content (AvgIpc) is 2.60. The van der Waals surface area contributed by atoms with Gasteiger partial charge >= 0.3 is 0 Å². The van der Waals surface area contributed by atoms with Gasteiger partial charge in [0.25, 0.3) is 0 Å². The predicted molar refractivity (Wildman–Crippen MR) is 110 cm³/mol. The molecule has 1 heterocycles. The fourth-order valence-electron chi connectivity index (χ4n) is 3.21. The smallest absolute Gasteiger partial charge is 0.0883 e. The second-order valence-electron chi connectivity index (χ2n) is 6.18. The van der Waals surface area contributed by atoms with Gasteiger partial charge in [-0.05, 0) is 54.5 Å². The highest BCUT2D eigenvalue weighted by atomic mass is 31.1. The van der Waals surface area contributed by atoms with Crippen molar-refractivity contribution < 1.29 is 4.52 Å². The summed E-state index contributed by atoms with van der Waals surface area (Å²) in [5.41, 5.74) is 5.89. The van der Waals surface area contributed by atoms with E-state index in [0.29, 0.717) is 15.4 Å². The fraction of sp³-hybridized carbons (Fsp3) is 0.227. The number of fused-ring (bicyclic) bond motifs is 1. The van der Waals surface area contributed by atoms with Gasteiger partial charge in [-0.15, -0.1) is 0 Å². The third-order valence-corrected chi connectivity index (χ3v) is 5.21. The van der Waals surface area contributed by atoms with Crippen LogP contribution >= 0.6 is 8.81 Å². The summed E-state index contributed by atoms with van der Waals surface area (Å²) < 4.78 is 5.55. The predicted octanol–water partition coefficient (Wildman–Crippen LogP) is 3.60. The third kappa shape index (κ3) is 3.98. The van der Waals surface area contributed by atoms with Crippen molar-refractivity contribution in [1.82, 2.24) is 4.98 Å². The summed E-state index contributed by atoms with van der Waals surface area (Å²) in [7, 11) is 0.298. The van der Waals surface area contributed by atoms with Gasteiger partial charge in [0.05, 0.1) is 19.8 Å². The Morgan fingerprint density at radius 1 is 1.16 bits per heavy atom. The lowest BCUT2D eigenvalue weighted by molar-refractivity contribution is 0.394. The summed E-state index contributed by atoms with van der Waals surface area (Å²) in [6.07, 6.45) is 3.00. The molecule has 0 radical (unpaired) electrons. The number of pyridine rings is 1. The maximum absolute atomic E-state index is 5.55. The van der Waals surface area contributed by atoms with Gasteiger partial charge in [0, 0.05) is 18.4 Å². The largest absolute Gasteiger partial charge is 0.356 e. The lowest BCUT2D eigenvalue weighted by atomic mass is 9.97. The molecule has 0 saturated carbocycles. The van der Waals surface area contributed by atoms with E-state index in [-0.39, 0.29) is 0 Å². The molecule has 0 amide bonds. The van der Waals surface area contributed by atoms with E-state index < -0.39 is 0 Å². The molecule has 128 valence electrons. The number of aryl methyl sites for hydroxylation is 1. The van der Waals surface area contributed by atoms with E-state index in [0.717, 1.165) is 22.6 Å². The average molecular weight is 349 g/mol. The molecule has 25 heavy (non-hydrogen) atoms. The van der Waals surface area contributed by atoms with Gasteiger partial charge in [-0.1, -0.05) is 48.6 Å². The molecule has 1 atom stereocenters. The number of rotatable bonds is 5. The lowest BCUT2D eigenvalue weighted by Crippen LogP contribution is -2.26. The molecule has 0 saturated heterocycles. The summed E-state index contributed by atoms with van der Waals surface area (Å²) in [5.74, 6) is 0. The molecule has 2 nitrogen and oxygen atoms in total. The molecular weight excluding hydrogens is 325 g/mol. The van der Waals surface area contributed by atoms with Crippen LogP contribution in [-0.2, 0) is 10.9 Å². The van der Waals surface area contributed by atoms with Crippen molar-refractivity contribution in [2.75, 3.05) is 6.61 Å². The fourth-order valence-corrected chi connectivity index (χ4v) is 3.81. The maximum atomic E-state index is 5.55. The van der Waals surface area contributed by atoms with E-state index in [2.05, 4.69) is 69.0 Å². The van der Waals surface area contributed by atoms with E-state index in [9.17, 15) is 0 Å². The van der Waals surface area contributed by atoms with E-state index in [1.54, 1.807) is 0 Å². The van der Waals surface area contributed by atoms with Crippen LogP contribution in [0, 0.1) is 6.92 Å². The molecular formula is C22H24NOP. The monoisotopic (exact) mass is 349 g/mol. The highest BCUT2D eigenvalue weighted by Crippen LogP contribution is 2.22. The molecule has 0 bridgehead atoms. The standard InChI is InChI=1S/C22H24NOP/c1-5-20-16(4)8-7-9-17(20)14-19-13-15(3)12-18-10-11-21(23-22(18)19)25-24-6-2/h5,7-13,25H,4,6,14H2,1-3H3/b20-5+. The summed E-state index contributed by atoms with van der Waals surface area (Å²) in [6.45, 7) is 11.1. The zero-order valence-corrected chi connectivity index (χ0v) is 16.1. The van der Waals surface area contributed by atoms with Crippen molar-refractivity contribution in [3.05, 3.63) is 69.6 Å². The highest BCUT2D eigenvalue weighted by molar-refractivity contribution is 7.41. The topological polar surface area (TPSA) is 22.1 Å². The van der Waals surface area contributed by atoms with Crippen LogP contribution in [0.2, 0.25) is 0 Å². The Bertz CT molecular complexity index is 1010. The maximum Gasteiger partial charge on any atom is 0.0883 e. The summed E-state index contributed by atoms with van der Waals surface area (Å²) in [4.78, 5) is 4.89. The van der Waals surface area contributed by atoms with Crippen LogP contribution in [0.25, 0.3) is 23.6 Å². The SMILES string of the molecule is C=c1cccc(Cc2cc(C)cc3ccc(POCC)nc23)/c1=C/C. The van der Waals surface area contributed by atoms with Gasteiger partial charge < -0.3 is 4.52 Å². The molecule has 0 fully saturated rings. The quantitative estimate of drug-likeness (QED) is 0.657. The molecule has 0 aliphatic rings. The Labute approximate surface area is 151 Å². The molecule has 3 aromatic rings. The first-order chi connectivity index (χ1) is 12.1. The number of benzene rings is 2. The Hall–Kier alpha value is -2.02. The van der Waals surface area contributed by atoms with Crippen LogP contribution in [0.5, 0.6) is 0 Å². The highest BCUT2D eigenvalue weighted by Gasteiger charge is 2.08. The lowest BCUT2D eigenvalue weighted by Gasteiger charge is -2.11. The van der Waals surface area contributed by atoms with E-state index >= 15 is 0 Å². The zero-order chi connectivity index (χ0) is 17.8. The minimum Gasteiger partial charge on any atom is -0.356 e. The van der Waals surface area contributed by atoms with Crippen molar-refractivity contribution in [1.29, 1.82) is 0 Å². The first kappa shape index (κ1) is 17.8. The molecule has 1 aromatic heterocycles. The van der Waals surface area contributed by atoms with Gasteiger partial charge in [-0.2, -0.15) is 0 Å². The van der Waals surface area contributed by atoms with E-state index in [4.69, 9.17) is 9.51 Å². The van der Waals surface area contributed by atoms with Crippen molar-refractivity contribution >= 4 is 37.8 Å². The number of nitrogens with zero attached hydrogens (tertiary/aromatic N) is 1. The zero-order valence-electron chi connectivity index (χ0n) is 15.1. The molecule has 0 aliphatic heterocycles. The molecule has 0 spiro atoms. The molecule has 1 unspecified atom stereocenters. The van der Waals surface area contributed by atoms with Crippen molar-refractivity contribution in [2.45, 2.75) is 27.2 Å². The van der Waals surface area contributed by atoms with Crippen molar-refractivity contribution in [3.63, 3.8) is 0 Å². The first-order valence-corrected chi connectivity index (χ1v) is 9.54. The molecule has 3 rings (SSSR count). The van der Waals surface area contributed by atoms with Crippen molar-refractivity contribution in [3.8, 4) is 0 Å².